The van der Waals surface area contributed by atoms with Gasteiger partial charge < -0.3 is 15.4 Å². The van der Waals surface area contributed by atoms with Gasteiger partial charge in [-0.05, 0) is 12.3 Å². The molecule has 1 amide bonds. The summed E-state index contributed by atoms with van der Waals surface area (Å²) in [4.78, 5) is 25.3. The van der Waals surface area contributed by atoms with E-state index in [1.54, 1.807) is 4.90 Å². The number of nitrogens with two attached hydrogens (primary N) is 1. The predicted molar refractivity (Wildman–Crippen MR) is 75.5 cm³/mol. The Hall–Kier alpha value is -1.10. The summed E-state index contributed by atoms with van der Waals surface area (Å²) in [5, 5.41) is 0. The largest absolute Gasteiger partial charge is 0.469 e. The van der Waals surface area contributed by atoms with Crippen LogP contribution in [-0.2, 0) is 14.3 Å². The molecule has 0 aromatic rings. The van der Waals surface area contributed by atoms with Crippen molar-refractivity contribution in [3.63, 3.8) is 0 Å². The van der Waals surface area contributed by atoms with Crippen LogP contribution in [0.4, 0.5) is 0 Å². The number of hydrogen-bond donors (Lipinski definition) is 1. The van der Waals surface area contributed by atoms with Crippen molar-refractivity contribution in [3.05, 3.63) is 0 Å². The molecule has 0 rings (SSSR count). The van der Waals surface area contributed by atoms with Crippen LogP contribution in [0, 0.1) is 11.8 Å². The third-order valence-electron chi connectivity index (χ3n) is 2.98. The highest BCUT2D eigenvalue weighted by Crippen LogP contribution is 2.12. The minimum Gasteiger partial charge on any atom is -0.469 e. The summed E-state index contributed by atoms with van der Waals surface area (Å²) < 4.78 is 4.62. The average Bonchev–Trinajstić information content (AvgIpc) is 2.39. The number of carbonyl (C=O) groups excluding carboxylic acids is 2. The molecule has 0 aromatic carbocycles. The van der Waals surface area contributed by atoms with Crippen LogP contribution in [0.3, 0.4) is 0 Å². The third-order valence-corrected chi connectivity index (χ3v) is 2.98. The zero-order valence-electron chi connectivity index (χ0n) is 12.6. The Morgan fingerprint density at radius 2 is 1.95 bits per heavy atom. The van der Waals surface area contributed by atoms with Crippen LogP contribution in [0.1, 0.15) is 40.0 Å². The summed E-state index contributed by atoms with van der Waals surface area (Å²) in [6, 6.07) is 0. The molecule has 1 unspecified atom stereocenters. The summed E-state index contributed by atoms with van der Waals surface area (Å²) in [5.41, 5.74) is 5.67. The minimum absolute atomic E-state index is 0.0574. The van der Waals surface area contributed by atoms with Gasteiger partial charge in [-0.15, -0.1) is 0 Å². The Kier molecular flexibility index (Phi) is 9.21. The Morgan fingerprint density at radius 1 is 1.32 bits per heavy atom. The van der Waals surface area contributed by atoms with Gasteiger partial charge in [0.15, 0.2) is 0 Å². The Bertz CT molecular complexity index is 280. The van der Waals surface area contributed by atoms with Crippen LogP contribution < -0.4 is 5.73 Å². The lowest BCUT2D eigenvalue weighted by atomic mass is 10.0. The van der Waals surface area contributed by atoms with E-state index in [1.165, 1.54) is 7.11 Å². The number of nitrogens with zero attached hydrogens (tertiary/aromatic N) is 1. The molecular formula is C14H28N2O3. The van der Waals surface area contributed by atoms with Crippen LogP contribution in [0.2, 0.25) is 0 Å². The molecule has 0 saturated heterocycles. The number of methoxy groups -OCH3 is 1. The van der Waals surface area contributed by atoms with E-state index in [0.717, 1.165) is 12.8 Å². The van der Waals surface area contributed by atoms with Gasteiger partial charge in [0.25, 0.3) is 0 Å². The van der Waals surface area contributed by atoms with Gasteiger partial charge in [-0.3, -0.25) is 9.59 Å². The Labute approximate surface area is 116 Å². The molecule has 0 aliphatic rings. The zero-order valence-corrected chi connectivity index (χ0v) is 12.6. The summed E-state index contributed by atoms with van der Waals surface area (Å²) >= 11 is 0. The standard InChI is InChI=1S/C14H28N2O3/c1-5-6-12(9-15)14(18)16(10-11(2)3)8-7-13(17)19-4/h11-12H,5-10,15H2,1-4H3. The van der Waals surface area contributed by atoms with Gasteiger partial charge >= 0.3 is 5.97 Å². The number of amides is 1. The van der Waals surface area contributed by atoms with Crippen LogP contribution >= 0.6 is 0 Å². The second-order valence-electron chi connectivity index (χ2n) is 5.23. The van der Waals surface area contributed by atoms with Gasteiger partial charge in [-0.2, -0.15) is 0 Å². The molecule has 0 radical (unpaired) electrons. The predicted octanol–water partition coefficient (Wildman–Crippen LogP) is 1.41. The number of ether oxygens (including phenoxy) is 1. The van der Waals surface area contributed by atoms with Gasteiger partial charge in [-0.1, -0.05) is 27.2 Å². The highest BCUT2D eigenvalue weighted by Gasteiger charge is 2.23. The lowest BCUT2D eigenvalue weighted by Crippen LogP contribution is -2.42. The first-order valence-corrected chi connectivity index (χ1v) is 7.01. The first-order valence-electron chi connectivity index (χ1n) is 7.01. The molecule has 5 heteroatoms. The van der Waals surface area contributed by atoms with Crippen molar-refractivity contribution in [1.29, 1.82) is 0 Å². The third kappa shape index (κ3) is 7.15. The van der Waals surface area contributed by atoms with Gasteiger partial charge in [0, 0.05) is 19.6 Å². The van der Waals surface area contributed by atoms with Gasteiger partial charge in [0.2, 0.25) is 5.91 Å². The first-order chi connectivity index (χ1) is 8.96. The van der Waals surface area contributed by atoms with Crippen molar-refractivity contribution in [2.24, 2.45) is 17.6 Å². The number of rotatable bonds is 9. The van der Waals surface area contributed by atoms with Crippen LogP contribution in [-0.4, -0.2) is 43.5 Å². The molecule has 1 atom stereocenters. The van der Waals surface area contributed by atoms with Crippen molar-refractivity contribution < 1.29 is 14.3 Å². The minimum atomic E-state index is -0.290. The van der Waals surface area contributed by atoms with Crippen LogP contribution in [0.5, 0.6) is 0 Å². The molecule has 5 nitrogen and oxygen atoms in total. The van der Waals surface area contributed by atoms with E-state index in [0.29, 0.717) is 25.6 Å². The molecule has 0 bridgehead atoms. The van der Waals surface area contributed by atoms with E-state index in [4.69, 9.17) is 5.73 Å². The van der Waals surface area contributed by atoms with E-state index in [2.05, 4.69) is 18.6 Å². The highest BCUT2D eigenvalue weighted by atomic mass is 16.5. The molecular weight excluding hydrogens is 244 g/mol. The molecule has 0 aliphatic carbocycles. The maximum absolute atomic E-state index is 12.4. The topological polar surface area (TPSA) is 72.6 Å². The molecule has 0 spiro atoms. The quantitative estimate of drug-likeness (QED) is 0.644. The number of carbonyl (C=O) groups is 2. The maximum atomic E-state index is 12.4. The monoisotopic (exact) mass is 272 g/mol. The van der Waals surface area contributed by atoms with E-state index in [-0.39, 0.29) is 24.2 Å². The fourth-order valence-electron chi connectivity index (χ4n) is 2.01. The molecule has 0 fully saturated rings. The average molecular weight is 272 g/mol. The van der Waals surface area contributed by atoms with Crippen LogP contribution in [0.15, 0.2) is 0 Å². The summed E-state index contributed by atoms with van der Waals surface area (Å²) in [6.07, 6.45) is 1.96. The SMILES string of the molecule is CCCC(CN)C(=O)N(CCC(=O)OC)CC(C)C. The summed E-state index contributed by atoms with van der Waals surface area (Å²) in [5.74, 6) is -0.00801. The lowest BCUT2D eigenvalue weighted by Gasteiger charge is -2.28. The maximum Gasteiger partial charge on any atom is 0.307 e. The van der Waals surface area contributed by atoms with Crippen molar-refractivity contribution in [2.75, 3.05) is 26.7 Å². The summed E-state index contributed by atoms with van der Waals surface area (Å²) in [7, 11) is 1.36. The van der Waals surface area contributed by atoms with Gasteiger partial charge in [0.1, 0.15) is 0 Å². The van der Waals surface area contributed by atoms with E-state index in [1.807, 2.05) is 6.92 Å². The van der Waals surface area contributed by atoms with Gasteiger partial charge in [-0.25, -0.2) is 0 Å². The fourth-order valence-corrected chi connectivity index (χ4v) is 2.01. The van der Waals surface area contributed by atoms with E-state index >= 15 is 0 Å². The Morgan fingerprint density at radius 3 is 2.37 bits per heavy atom. The first kappa shape index (κ1) is 17.9. The second kappa shape index (κ2) is 9.78. The second-order valence-corrected chi connectivity index (χ2v) is 5.23. The van der Waals surface area contributed by atoms with Crippen LogP contribution in [0.25, 0.3) is 0 Å². The molecule has 19 heavy (non-hydrogen) atoms. The highest BCUT2D eigenvalue weighted by molar-refractivity contribution is 5.79. The van der Waals surface area contributed by atoms with Crippen molar-refractivity contribution in [1.82, 2.24) is 4.90 Å². The van der Waals surface area contributed by atoms with Crippen molar-refractivity contribution in [2.45, 2.75) is 40.0 Å². The fraction of sp³-hybridized carbons (Fsp3) is 0.857. The lowest BCUT2D eigenvalue weighted by molar-refractivity contribution is -0.142. The molecule has 0 heterocycles. The summed E-state index contributed by atoms with van der Waals surface area (Å²) in [6.45, 7) is 7.56. The van der Waals surface area contributed by atoms with E-state index in [9.17, 15) is 9.59 Å². The smallest absolute Gasteiger partial charge is 0.307 e. The number of hydrogen-bond acceptors (Lipinski definition) is 4. The Balaban J connectivity index is 4.61. The number of esters is 1. The van der Waals surface area contributed by atoms with Gasteiger partial charge in [0.05, 0.1) is 19.4 Å². The molecule has 112 valence electrons. The van der Waals surface area contributed by atoms with Crippen molar-refractivity contribution >= 4 is 11.9 Å². The molecule has 0 aromatic heterocycles. The normalized spacial score (nSPS) is 12.3. The van der Waals surface area contributed by atoms with Crippen molar-refractivity contribution in [3.8, 4) is 0 Å². The molecule has 0 aliphatic heterocycles. The zero-order chi connectivity index (χ0) is 14.8. The molecule has 0 saturated carbocycles. The van der Waals surface area contributed by atoms with E-state index < -0.39 is 0 Å². The molecule has 2 N–H and O–H groups in total.